The van der Waals surface area contributed by atoms with E-state index in [1.54, 1.807) is 49.4 Å². The van der Waals surface area contributed by atoms with Crippen LogP contribution in [0.1, 0.15) is 28.5 Å². The van der Waals surface area contributed by atoms with Crippen LogP contribution < -0.4 is 5.73 Å². The third kappa shape index (κ3) is 3.84. The van der Waals surface area contributed by atoms with Crippen molar-refractivity contribution in [1.29, 1.82) is 0 Å². The number of aromatic nitrogens is 1. The lowest BCUT2D eigenvalue weighted by Crippen LogP contribution is -2.13. The molecule has 1 aromatic heterocycles. The summed E-state index contributed by atoms with van der Waals surface area (Å²) >= 11 is 12.4. The average Bonchev–Trinajstić information content (AvgIpc) is 2.99. The van der Waals surface area contributed by atoms with Crippen LogP contribution in [0.3, 0.4) is 0 Å². The van der Waals surface area contributed by atoms with E-state index in [9.17, 15) is 9.59 Å². The van der Waals surface area contributed by atoms with Gasteiger partial charge in [-0.1, -0.05) is 53.5 Å². The summed E-state index contributed by atoms with van der Waals surface area (Å²) in [6, 6.07) is 12.1. The van der Waals surface area contributed by atoms with Gasteiger partial charge in [-0.3, -0.25) is 4.79 Å². The summed E-state index contributed by atoms with van der Waals surface area (Å²) in [5.41, 5.74) is 7.60. The molecule has 7 heteroatoms. The largest absolute Gasteiger partial charge is 0.461 e. The van der Waals surface area contributed by atoms with Crippen molar-refractivity contribution >= 4 is 57.6 Å². The third-order valence-corrected chi connectivity index (χ3v) is 4.49. The van der Waals surface area contributed by atoms with E-state index in [-0.39, 0.29) is 17.9 Å². The summed E-state index contributed by atoms with van der Waals surface area (Å²) in [5.74, 6) is -1.19. The summed E-state index contributed by atoms with van der Waals surface area (Å²) in [6.07, 6.45) is 1.54. The highest BCUT2D eigenvalue weighted by Crippen LogP contribution is 2.35. The average molecular weight is 403 g/mol. The molecule has 0 atom stereocenters. The van der Waals surface area contributed by atoms with Gasteiger partial charge in [-0.25, -0.2) is 4.79 Å². The lowest BCUT2D eigenvalue weighted by molar-refractivity contribution is -0.112. The number of nitrogens with one attached hydrogen (secondary N) is 1. The fourth-order valence-corrected chi connectivity index (χ4v) is 3.44. The molecule has 1 amide bonds. The minimum absolute atomic E-state index is 0.172. The van der Waals surface area contributed by atoms with Crippen molar-refractivity contribution in [2.45, 2.75) is 6.92 Å². The van der Waals surface area contributed by atoms with Crippen molar-refractivity contribution in [1.82, 2.24) is 4.98 Å². The smallest absolute Gasteiger partial charge is 0.355 e. The first kappa shape index (κ1) is 19.0. The van der Waals surface area contributed by atoms with Gasteiger partial charge in [0.15, 0.2) is 0 Å². The van der Waals surface area contributed by atoms with Crippen molar-refractivity contribution in [3.05, 3.63) is 69.3 Å². The van der Waals surface area contributed by atoms with Gasteiger partial charge in [-0.15, -0.1) is 0 Å². The van der Waals surface area contributed by atoms with Crippen LogP contribution in [0.2, 0.25) is 10.0 Å². The normalized spacial score (nSPS) is 11.6. The lowest BCUT2D eigenvalue weighted by atomic mass is 10.0. The second kappa shape index (κ2) is 7.86. The molecular weight excluding hydrogens is 387 g/mol. The molecule has 0 spiro atoms. The Morgan fingerprint density at radius 2 is 1.89 bits per heavy atom. The Bertz CT molecular complexity index is 1060. The molecule has 0 unspecified atom stereocenters. The maximum atomic E-state index is 12.4. The zero-order chi connectivity index (χ0) is 19.6. The number of ether oxygens (including phenoxy) is 1. The quantitative estimate of drug-likeness (QED) is 0.479. The Kier molecular flexibility index (Phi) is 5.54. The number of carbonyl (C=O) groups excluding carboxylic acids is 2. The van der Waals surface area contributed by atoms with Crippen LogP contribution in [0.15, 0.2) is 42.5 Å². The number of primary amides is 1. The number of esters is 1. The van der Waals surface area contributed by atoms with Gasteiger partial charge in [0.2, 0.25) is 5.91 Å². The van der Waals surface area contributed by atoms with Gasteiger partial charge in [-0.2, -0.15) is 0 Å². The minimum Gasteiger partial charge on any atom is -0.461 e. The van der Waals surface area contributed by atoms with E-state index in [4.69, 9.17) is 33.7 Å². The topological polar surface area (TPSA) is 85.2 Å². The Balaban J connectivity index is 2.32. The monoisotopic (exact) mass is 402 g/mol. The Labute approximate surface area is 165 Å². The minimum atomic E-state index is -0.629. The van der Waals surface area contributed by atoms with Gasteiger partial charge in [0.1, 0.15) is 5.69 Å². The number of carbonyl (C=O) groups is 2. The zero-order valence-corrected chi connectivity index (χ0v) is 15.9. The Morgan fingerprint density at radius 1 is 1.19 bits per heavy atom. The van der Waals surface area contributed by atoms with Crippen LogP contribution in [-0.4, -0.2) is 23.5 Å². The predicted molar refractivity (Wildman–Crippen MR) is 108 cm³/mol. The fourth-order valence-electron chi connectivity index (χ4n) is 2.84. The molecule has 3 rings (SSSR count). The standard InChI is InChI=1S/C20H16Cl2N2O3/c1-2-27-20(26)18-14(17-15(22)8-12(21)9-16(17)24-18)10-13(19(23)25)11-6-4-3-5-7-11/h3-10,24H,2H2,1H3,(H2,23,25). The highest BCUT2D eigenvalue weighted by atomic mass is 35.5. The number of H-pyrrole nitrogens is 1. The molecule has 27 heavy (non-hydrogen) atoms. The van der Waals surface area contributed by atoms with E-state index in [1.165, 1.54) is 0 Å². The van der Waals surface area contributed by atoms with Gasteiger partial charge in [0.25, 0.3) is 0 Å². The van der Waals surface area contributed by atoms with Gasteiger partial charge >= 0.3 is 5.97 Å². The number of benzene rings is 2. The van der Waals surface area contributed by atoms with E-state index in [1.807, 2.05) is 6.07 Å². The zero-order valence-electron chi connectivity index (χ0n) is 14.4. The molecular formula is C20H16Cl2N2O3. The molecule has 0 fully saturated rings. The van der Waals surface area contributed by atoms with Crippen LogP contribution in [0.4, 0.5) is 0 Å². The number of hydrogen-bond donors (Lipinski definition) is 2. The lowest BCUT2D eigenvalue weighted by Gasteiger charge is -2.06. The molecule has 3 aromatic rings. The summed E-state index contributed by atoms with van der Waals surface area (Å²) in [7, 11) is 0. The Hall–Kier alpha value is -2.76. The number of fused-ring (bicyclic) bond motifs is 1. The molecule has 0 radical (unpaired) electrons. The molecule has 2 aromatic carbocycles. The van der Waals surface area contributed by atoms with Gasteiger partial charge in [0, 0.05) is 27.1 Å². The molecule has 0 aliphatic carbocycles. The third-order valence-electron chi connectivity index (χ3n) is 3.97. The van der Waals surface area contributed by atoms with Crippen LogP contribution in [0.25, 0.3) is 22.6 Å². The number of nitrogens with two attached hydrogens (primary N) is 1. The summed E-state index contributed by atoms with van der Waals surface area (Å²) in [6.45, 7) is 1.91. The molecule has 0 aliphatic rings. The highest BCUT2D eigenvalue weighted by molar-refractivity contribution is 6.39. The molecule has 0 saturated carbocycles. The molecule has 3 N–H and O–H groups in total. The summed E-state index contributed by atoms with van der Waals surface area (Å²) in [4.78, 5) is 27.5. The van der Waals surface area contributed by atoms with Gasteiger partial charge in [-0.05, 0) is 30.7 Å². The first-order valence-corrected chi connectivity index (χ1v) is 8.92. The molecule has 1 heterocycles. The van der Waals surface area contributed by atoms with Crippen molar-refractivity contribution in [3.63, 3.8) is 0 Å². The fraction of sp³-hybridized carbons (Fsp3) is 0.100. The van der Waals surface area contributed by atoms with E-state index < -0.39 is 11.9 Å². The first-order chi connectivity index (χ1) is 12.9. The van der Waals surface area contributed by atoms with Crippen molar-refractivity contribution in [2.75, 3.05) is 6.61 Å². The maximum Gasteiger partial charge on any atom is 0.355 e. The predicted octanol–water partition coefficient (Wildman–Crippen LogP) is 4.68. The molecule has 5 nitrogen and oxygen atoms in total. The van der Waals surface area contributed by atoms with E-state index in [2.05, 4.69) is 4.98 Å². The van der Waals surface area contributed by atoms with Crippen LogP contribution in [0, 0.1) is 0 Å². The number of hydrogen-bond acceptors (Lipinski definition) is 3. The summed E-state index contributed by atoms with van der Waals surface area (Å²) < 4.78 is 5.12. The highest BCUT2D eigenvalue weighted by Gasteiger charge is 2.21. The summed E-state index contributed by atoms with van der Waals surface area (Å²) in [5, 5.41) is 1.31. The number of amides is 1. The van der Waals surface area contributed by atoms with Crippen LogP contribution in [0.5, 0.6) is 0 Å². The van der Waals surface area contributed by atoms with Crippen LogP contribution in [-0.2, 0) is 9.53 Å². The Morgan fingerprint density at radius 3 is 2.52 bits per heavy atom. The van der Waals surface area contributed by atoms with Gasteiger partial charge < -0.3 is 15.5 Å². The first-order valence-electron chi connectivity index (χ1n) is 8.17. The number of rotatable bonds is 5. The molecule has 0 bridgehead atoms. The molecule has 0 aliphatic heterocycles. The number of aromatic amines is 1. The number of halogens is 2. The SMILES string of the molecule is CCOC(=O)c1[nH]c2cc(Cl)cc(Cl)c2c1C=C(C(N)=O)c1ccccc1. The van der Waals surface area contributed by atoms with Crippen molar-refractivity contribution in [2.24, 2.45) is 5.73 Å². The van der Waals surface area contributed by atoms with E-state index >= 15 is 0 Å². The molecule has 138 valence electrons. The van der Waals surface area contributed by atoms with Crippen molar-refractivity contribution in [3.8, 4) is 0 Å². The maximum absolute atomic E-state index is 12.4. The van der Waals surface area contributed by atoms with E-state index in [0.717, 1.165) is 0 Å². The van der Waals surface area contributed by atoms with Crippen LogP contribution >= 0.6 is 23.2 Å². The second-order valence-electron chi connectivity index (χ2n) is 5.73. The second-order valence-corrected chi connectivity index (χ2v) is 6.58. The van der Waals surface area contributed by atoms with Crippen molar-refractivity contribution < 1.29 is 14.3 Å². The van der Waals surface area contributed by atoms with Gasteiger partial charge in [0.05, 0.1) is 11.6 Å². The molecule has 0 saturated heterocycles. The van der Waals surface area contributed by atoms with E-state index in [0.29, 0.717) is 32.1 Å².